The Balaban J connectivity index is 1.98. The van der Waals surface area contributed by atoms with Crippen LogP contribution in [0, 0.1) is 11.8 Å². The fraction of sp³-hybridized carbons (Fsp3) is 0.706. The molecule has 3 rings (SSSR count). The molecule has 0 saturated heterocycles. The van der Waals surface area contributed by atoms with Gasteiger partial charge in [0.1, 0.15) is 5.78 Å². The summed E-state index contributed by atoms with van der Waals surface area (Å²) in [5, 5.41) is 0. The van der Waals surface area contributed by atoms with Crippen molar-refractivity contribution in [3.05, 3.63) is 22.3 Å². The molecule has 0 aromatic rings. The van der Waals surface area contributed by atoms with Crippen LogP contribution in [0.5, 0.6) is 0 Å². The number of fused-ring (bicyclic) bond motifs is 2. The summed E-state index contributed by atoms with van der Waals surface area (Å²) in [4.78, 5) is 11.7. The minimum atomic E-state index is 0.505. The number of carbonyl (C=O) groups is 1. The van der Waals surface area contributed by atoms with Crippen LogP contribution in [0.2, 0.25) is 0 Å². The van der Waals surface area contributed by atoms with E-state index in [0.29, 0.717) is 17.6 Å². The van der Waals surface area contributed by atoms with Crippen LogP contribution in [-0.2, 0) is 4.79 Å². The normalized spacial score (nSPS) is 41.1. The quantitative estimate of drug-likeness (QED) is 0.609. The molecule has 1 heteroatoms. The lowest BCUT2D eigenvalue weighted by molar-refractivity contribution is -0.117. The molecule has 0 radical (unpaired) electrons. The van der Waals surface area contributed by atoms with Crippen LogP contribution < -0.4 is 0 Å². The van der Waals surface area contributed by atoms with Gasteiger partial charge in [0.2, 0.25) is 0 Å². The molecule has 0 heterocycles. The summed E-state index contributed by atoms with van der Waals surface area (Å²) < 4.78 is 0. The number of ketones is 1. The highest BCUT2D eigenvalue weighted by molar-refractivity contribution is 5.81. The van der Waals surface area contributed by atoms with E-state index in [-0.39, 0.29) is 0 Å². The maximum atomic E-state index is 11.7. The number of Topliss-reactive ketones (excluding diaryl/α,β-unsaturated/α-hetero) is 1. The Morgan fingerprint density at radius 1 is 0.778 bits per heavy atom. The van der Waals surface area contributed by atoms with E-state index in [1.807, 2.05) is 0 Å². The molecule has 2 saturated carbocycles. The molecule has 0 aromatic heterocycles. The van der Waals surface area contributed by atoms with Crippen molar-refractivity contribution in [1.29, 1.82) is 0 Å². The van der Waals surface area contributed by atoms with E-state index in [1.54, 1.807) is 22.3 Å². The number of rotatable bonds is 0. The Labute approximate surface area is 110 Å². The maximum absolute atomic E-state index is 11.7. The molecule has 3 aliphatic carbocycles. The van der Waals surface area contributed by atoms with Crippen LogP contribution in [0.3, 0.4) is 0 Å². The van der Waals surface area contributed by atoms with Crippen molar-refractivity contribution in [2.75, 3.05) is 0 Å². The van der Waals surface area contributed by atoms with Crippen molar-refractivity contribution in [1.82, 2.24) is 0 Å². The SMILES string of the molecule is C/C1=C2\CCCC\C2=C(/C)C[C@H]2CC(=O)C[C@@H]2C1. The summed E-state index contributed by atoms with van der Waals surface area (Å²) in [5.74, 6) is 1.79. The zero-order valence-electron chi connectivity index (χ0n) is 11.7. The molecular weight excluding hydrogens is 220 g/mol. The lowest BCUT2D eigenvalue weighted by atomic mass is 9.75. The lowest BCUT2D eigenvalue weighted by Crippen LogP contribution is -2.15. The van der Waals surface area contributed by atoms with Crippen molar-refractivity contribution >= 4 is 5.78 Å². The van der Waals surface area contributed by atoms with E-state index < -0.39 is 0 Å². The maximum Gasteiger partial charge on any atom is 0.133 e. The van der Waals surface area contributed by atoms with Gasteiger partial charge in [0.05, 0.1) is 0 Å². The number of carbonyl (C=O) groups excluding carboxylic acids is 1. The first-order chi connectivity index (χ1) is 8.65. The average molecular weight is 244 g/mol. The highest BCUT2D eigenvalue weighted by Gasteiger charge is 2.35. The van der Waals surface area contributed by atoms with Gasteiger partial charge in [-0.25, -0.2) is 0 Å². The fourth-order valence-corrected chi connectivity index (χ4v) is 4.36. The average Bonchev–Trinajstić information content (AvgIpc) is 2.68. The lowest BCUT2D eigenvalue weighted by Gasteiger charge is -2.30. The summed E-state index contributed by atoms with van der Waals surface area (Å²) >= 11 is 0. The van der Waals surface area contributed by atoms with E-state index in [1.165, 1.54) is 38.5 Å². The second kappa shape index (κ2) is 4.68. The highest BCUT2D eigenvalue weighted by atomic mass is 16.1. The van der Waals surface area contributed by atoms with Crippen molar-refractivity contribution in [3.8, 4) is 0 Å². The van der Waals surface area contributed by atoms with Crippen LogP contribution in [0.25, 0.3) is 0 Å². The molecule has 0 spiro atoms. The van der Waals surface area contributed by atoms with Gasteiger partial charge in [0.15, 0.2) is 0 Å². The standard InChI is InChI=1S/C17H24O/c1-11-7-13-9-15(18)10-14(13)8-12(2)17-6-4-3-5-16(11)17/h13-14H,3-10H2,1-2H3/b16-11-,17-12-/t13-,14-/m0/s1. The second-order valence-corrected chi connectivity index (χ2v) is 6.60. The molecular formula is C17H24O. The molecule has 0 unspecified atom stereocenters. The predicted molar refractivity (Wildman–Crippen MR) is 74.3 cm³/mol. The third kappa shape index (κ3) is 2.08. The molecule has 0 bridgehead atoms. The Hall–Kier alpha value is -0.850. The Kier molecular flexibility index (Phi) is 3.17. The van der Waals surface area contributed by atoms with Crippen LogP contribution in [-0.4, -0.2) is 5.78 Å². The van der Waals surface area contributed by atoms with Crippen LogP contribution in [0.4, 0.5) is 0 Å². The number of allylic oxidation sites excluding steroid dienone is 4. The highest BCUT2D eigenvalue weighted by Crippen LogP contribution is 2.44. The molecule has 1 nitrogen and oxygen atoms in total. The Morgan fingerprint density at radius 2 is 1.22 bits per heavy atom. The van der Waals surface area contributed by atoms with Gasteiger partial charge in [0.25, 0.3) is 0 Å². The largest absolute Gasteiger partial charge is 0.300 e. The van der Waals surface area contributed by atoms with Crippen molar-refractivity contribution < 1.29 is 4.79 Å². The zero-order valence-corrected chi connectivity index (χ0v) is 11.7. The summed E-state index contributed by atoms with van der Waals surface area (Å²) in [6.07, 6.45) is 9.33. The molecule has 2 fully saturated rings. The third-order valence-corrected chi connectivity index (χ3v) is 5.28. The molecule has 0 N–H and O–H groups in total. The topological polar surface area (TPSA) is 17.1 Å². The van der Waals surface area contributed by atoms with Gasteiger partial charge in [-0.2, -0.15) is 0 Å². The van der Waals surface area contributed by atoms with Gasteiger partial charge in [0, 0.05) is 12.8 Å². The number of hydrogen-bond donors (Lipinski definition) is 0. The first-order valence-corrected chi connectivity index (χ1v) is 7.54. The third-order valence-electron chi connectivity index (χ3n) is 5.28. The van der Waals surface area contributed by atoms with Gasteiger partial charge < -0.3 is 0 Å². The van der Waals surface area contributed by atoms with Gasteiger partial charge in [-0.3, -0.25) is 4.79 Å². The van der Waals surface area contributed by atoms with Crippen LogP contribution >= 0.6 is 0 Å². The molecule has 0 amide bonds. The van der Waals surface area contributed by atoms with Crippen molar-refractivity contribution in [2.45, 2.75) is 65.2 Å². The van der Waals surface area contributed by atoms with Crippen LogP contribution in [0.15, 0.2) is 22.3 Å². The molecule has 2 atom stereocenters. The number of hydrogen-bond acceptors (Lipinski definition) is 1. The van der Waals surface area contributed by atoms with E-state index in [4.69, 9.17) is 0 Å². The minimum absolute atomic E-state index is 0.505. The van der Waals surface area contributed by atoms with Crippen molar-refractivity contribution in [2.24, 2.45) is 11.8 Å². The summed E-state index contributed by atoms with van der Waals surface area (Å²) in [6, 6.07) is 0. The zero-order chi connectivity index (χ0) is 12.7. The Morgan fingerprint density at radius 3 is 1.67 bits per heavy atom. The fourth-order valence-electron chi connectivity index (χ4n) is 4.36. The predicted octanol–water partition coefficient (Wildman–Crippen LogP) is 4.58. The van der Waals surface area contributed by atoms with Gasteiger partial charge in [-0.1, -0.05) is 11.1 Å². The second-order valence-electron chi connectivity index (χ2n) is 6.60. The smallest absolute Gasteiger partial charge is 0.133 e. The van der Waals surface area contributed by atoms with E-state index in [0.717, 1.165) is 12.8 Å². The molecule has 18 heavy (non-hydrogen) atoms. The van der Waals surface area contributed by atoms with E-state index in [2.05, 4.69) is 13.8 Å². The Bertz CT molecular complexity index is 399. The summed E-state index contributed by atoms with van der Waals surface area (Å²) in [7, 11) is 0. The summed E-state index contributed by atoms with van der Waals surface area (Å²) in [6.45, 7) is 4.64. The molecule has 3 aliphatic rings. The molecule has 0 aromatic carbocycles. The first-order valence-electron chi connectivity index (χ1n) is 7.54. The summed E-state index contributed by atoms with van der Waals surface area (Å²) in [5.41, 5.74) is 6.51. The molecule has 0 aliphatic heterocycles. The minimum Gasteiger partial charge on any atom is -0.300 e. The van der Waals surface area contributed by atoms with Gasteiger partial charge in [-0.15, -0.1) is 0 Å². The first kappa shape index (κ1) is 12.2. The monoisotopic (exact) mass is 244 g/mol. The van der Waals surface area contributed by atoms with Gasteiger partial charge in [-0.05, 0) is 75.4 Å². The molecule has 98 valence electrons. The van der Waals surface area contributed by atoms with Crippen molar-refractivity contribution in [3.63, 3.8) is 0 Å². The van der Waals surface area contributed by atoms with E-state index in [9.17, 15) is 4.79 Å². The van der Waals surface area contributed by atoms with E-state index >= 15 is 0 Å². The van der Waals surface area contributed by atoms with Crippen LogP contribution in [0.1, 0.15) is 65.2 Å². The van der Waals surface area contributed by atoms with Gasteiger partial charge >= 0.3 is 0 Å².